The summed E-state index contributed by atoms with van der Waals surface area (Å²) in [6.07, 6.45) is 4.29. The number of carbonyl (C=O) groups is 2. The van der Waals surface area contributed by atoms with Crippen LogP contribution in [0.5, 0.6) is 0 Å². The molecule has 2 atom stereocenters. The van der Waals surface area contributed by atoms with Gasteiger partial charge in [0.05, 0.1) is 5.92 Å². The van der Waals surface area contributed by atoms with Crippen LogP contribution in [-0.4, -0.2) is 53.6 Å². The molecule has 2 amide bonds. The number of nitrogens with zero attached hydrogens (tertiary/aromatic N) is 1. The highest BCUT2D eigenvalue weighted by molar-refractivity contribution is 7.98. The zero-order valence-electron chi connectivity index (χ0n) is 10.3. The van der Waals surface area contributed by atoms with E-state index in [2.05, 4.69) is 5.32 Å². The standard InChI is InChI=1S/C11H20N2O3S/c1-13(6-7-17-2)11(16)12-9-5-3-4-8(9)10(14)15/h8-9H,3-7H2,1-2H3,(H,12,16)(H,14,15). The summed E-state index contributed by atoms with van der Waals surface area (Å²) < 4.78 is 0. The summed E-state index contributed by atoms with van der Waals surface area (Å²) >= 11 is 1.68. The van der Waals surface area contributed by atoms with Crippen LogP contribution in [-0.2, 0) is 4.79 Å². The van der Waals surface area contributed by atoms with Crippen LogP contribution in [0.25, 0.3) is 0 Å². The zero-order chi connectivity index (χ0) is 12.8. The van der Waals surface area contributed by atoms with Crippen LogP contribution in [0.1, 0.15) is 19.3 Å². The molecule has 98 valence electrons. The van der Waals surface area contributed by atoms with E-state index in [0.29, 0.717) is 13.0 Å². The summed E-state index contributed by atoms with van der Waals surface area (Å²) in [5.41, 5.74) is 0. The van der Waals surface area contributed by atoms with Gasteiger partial charge in [0.2, 0.25) is 0 Å². The van der Waals surface area contributed by atoms with Crippen molar-refractivity contribution in [1.29, 1.82) is 0 Å². The number of rotatable bonds is 5. The van der Waals surface area contributed by atoms with Crippen LogP contribution < -0.4 is 5.32 Å². The van der Waals surface area contributed by atoms with E-state index in [1.165, 1.54) is 0 Å². The fourth-order valence-corrected chi connectivity index (χ4v) is 2.48. The molecular formula is C11H20N2O3S. The average Bonchev–Trinajstić information content (AvgIpc) is 2.73. The highest BCUT2D eigenvalue weighted by Crippen LogP contribution is 2.25. The number of hydrogen-bond donors (Lipinski definition) is 2. The molecule has 0 spiro atoms. The number of amides is 2. The van der Waals surface area contributed by atoms with Gasteiger partial charge in [-0.05, 0) is 19.1 Å². The number of hydrogen-bond acceptors (Lipinski definition) is 3. The number of aliphatic carboxylic acids is 1. The van der Waals surface area contributed by atoms with Crippen molar-refractivity contribution in [2.75, 3.05) is 25.6 Å². The van der Waals surface area contributed by atoms with Gasteiger partial charge in [-0.3, -0.25) is 4.79 Å². The van der Waals surface area contributed by atoms with E-state index in [1.807, 2.05) is 6.26 Å². The molecule has 0 aromatic carbocycles. The maximum atomic E-state index is 11.8. The van der Waals surface area contributed by atoms with Crippen LogP contribution in [0, 0.1) is 5.92 Å². The lowest BCUT2D eigenvalue weighted by Crippen LogP contribution is -2.46. The quantitative estimate of drug-likeness (QED) is 0.780. The first-order valence-corrected chi connectivity index (χ1v) is 7.19. The van der Waals surface area contributed by atoms with Crippen molar-refractivity contribution in [2.24, 2.45) is 5.92 Å². The van der Waals surface area contributed by atoms with Gasteiger partial charge in [0.1, 0.15) is 0 Å². The van der Waals surface area contributed by atoms with Crippen molar-refractivity contribution < 1.29 is 14.7 Å². The lowest BCUT2D eigenvalue weighted by molar-refractivity contribution is -0.142. The predicted molar refractivity (Wildman–Crippen MR) is 68.3 cm³/mol. The number of thioether (sulfide) groups is 1. The van der Waals surface area contributed by atoms with Crippen molar-refractivity contribution in [1.82, 2.24) is 10.2 Å². The SMILES string of the molecule is CSCCN(C)C(=O)NC1CCCC1C(=O)O. The Balaban J connectivity index is 2.42. The third-order valence-electron chi connectivity index (χ3n) is 3.12. The van der Waals surface area contributed by atoms with Crippen molar-refractivity contribution in [3.8, 4) is 0 Å². The molecule has 0 bridgehead atoms. The number of carboxylic acid groups (broad SMARTS) is 1. The number of urea groups is 1. The third kappa shape index (κ3) is 4.11. The molecule has 0 radical (unpaired) electrons. The summed E-state index contributed by atoms with van der Waals surface area (Å²) in [7, 11) is 1.73. The maximum absolute atomic E-state index is 11.8. The number of carbonyl (C=O) groups excluding carboxylic acids is 1. The van der Waals surface area contributed by atoms with Gasteiger partial charge < -0.3 is 15.3 Å². The second-order valence-electron chi connectivity index (χ2n) is 4.35. The van der Waals surface area contributed by atoms with E-state index in [4.69, 9.17) is 5.11 Å². The minimum absolute atomic E-state index is 0.169. The van der Waals surface area contributed by atoms with Crippen molar-refractivity contribution >= 4 is 23.8 Å². The Morgan fingerprint density at radius 1 is 1.47 bits per heavy atom. The molecule has 17 heavy (non-hydrogen) atoms. The van der Waals surface area contributed by atoms with Gasteiger partial charge in [0, 0.05) is 25.4 Å². The Hall–Kier alpha value is -0.910. The van der Waals surface area contributed by atoms with E-state index in [-0.39, 0.29) is 12.1 Å². The molecule has 1 saturated carbocycles. The topological polar surface area (TPSA) is 69.6 Å². The molecule has 1 fully saturated rings. The summed E-state index contributed by atoms with van der Waals surface area (Å²) in [6, 6.07) is -0.381. The molecular weight excluding hydrogens is 240 g/mol. The van der Waals surface area contributed by atoms with Crippen LogP contribution in [0.3, 0.4) is 0 Å². The van der Waals surface area contributed by atoms with E-state index in [1.54, 1.807) is 23.7 Å². The van der Waals surface area contributed by atoms with E-state index in [0.717, 1.165) is 18.6 Å². The van der Waals surface area contributed by atoms with E-state index >= 15 is 0 Å². The smallest absolute Gasteiger partial charge is 0.317 e. The average molecular weight is 260 g/mol. The monoisotopic (exact) mass is 260 g/mol. The fourth-order valence-electron chi connectivity index (χ4n) is 2.03. The number of nitrogens with one attached hydrogen (secondary N) is 1. The van der Waals surface area contributed by atoms with Gasteiger partial charge in [-0.25, -0.2) is 4.79 Å². The second kappa shape index (κ2) is 6.74. The van der Waals surface area contributed by atoms with Crippen LogP contribution >= 0.6 is 11.8 Å². The van der Waals surface area contributed by atoms with Crippen LogP contribution in [0.2, 0.25) is 0 Å². The molecule has 1 rings (SSSR count). The lowest BCUT2D eigenvalue weighted by Gasteiger charge is -2.23. The zero-order valence-corrected chi connectivity index (χ0v) is 11.1. The number of carboxylic acids is 1. The van der Waals surface area contributed by atoms with Crippen molar-refractivity contribution in [3.05, 3.63) is 0 Å². The second-order valence-corrected chi connectivity index (χ2v) is 5.33. The molecule has 2 unspecified atom stereocenters. The molecule has 6 heteroatoms. The molecule has 5 nitrogen and oxygen atoms in total. The van der Waals surface area contributed by atoms with E-state index in [9.17, 15) is 9.59 Å². The Bertz CT molecular complexity index is 286. The van der Waals surface area contributed by atoms with Crippen LogP contribution in [0.15, 0.2) is 0 Å². The predicted octanol–water partition coefficient (Wildman–Crippen LogP) is 1.24. The fraction of sp³-hybridized carbons (Fsp3) is 0.818. The largest absolute Gasteiger partial charge is 0.481 e. The van der Waals surface area contributed by atoms with Crippen LogP contribution in [0.4, 0.5) is 4.79 Å². The highest BCUT2D eigenvalue weighted by Gasteiger charge is 2.34. The first-order chi connectivity index (χ1) is 8.06. The lowest BCUT2D eigenvalue weighted by atomic mass is 10.0. The van der Waals surface area contributed by atoms with Gasteiger partial charge >= 0.3 is 12.0 Å². The minimum atomic E-state index is -0.806. The normalized spacial score (nSPS) is 23.4. The molecule has 2 N–H and O–H groups in total. The highest BCUT2D eigenvalue weighted by atomic mass is 32.2. The van der Waals surface area contributed by atoms with Gasteiger partial charge in [0.25, 0.3) is 0 Å². The molecule has 0 aromatic heterocycles. The van der Waals surface area contributed by atoms with Crippen molar-refractivity contribution in [2.45, 2.75) is 25.3 Å². The Labute approximate surface area is 106 Å². The molecule has 0 aromatic rings. The Morgan fingerprint density at radius 3 is 2.76 bits per heavy atom. The Morgan fingerprint density at radius 2 is 2.18 bits per heavy atom. The summed E-state index contributed by atoms with van der Waals surface area (Å²) in [4.78, 5) is 24.4. The summed E-state index contributed by atoms with van der Waals surface area (Å²) in [6.45, 7) is 0.678. The van der Waals surface area contributed by atoms with E-state index < -0.39 is 11.9 Å². The van der Waals surface area contributed by atoms with Gasteiger partial charge in [0.15, 0.2) is 0 Å². The minimum Gasteiger partial charge on any atom is -0.481 e. The molecule has 0 heterocycles. The first kappa shape index (κ1) is 14.2. The maximum Gasteiger partial charge on any atom is 0.317 e. The molecule has 0 saturated heterocycles. The van der Waals surface area contributed by atoms with Gasteiger partial charge in [-0.1, -0.05) is 6.42 Å². The molecule has 1 aliphatic carbocycles. The van der Waals surface area contributed by atoms with Crippen molar-refractivity contribution in [3.63, 3.8) is 0 Å². The first-order valence-electron chi connectivity index (χ1n) is 5.79. The Kier molecular flexibility index (Phi) is 5.61. The van der Waals surface area contributed by atoms with Gasteiger partial charge in [-0.2, -0.15) is 11.8 Å². The third-order valence-corrected chi connectivity index (χ3v) is 3.71. The summed E-state index contributed by atoms with van der Waals surface area (Å²) in [5.74, 6) is -0.343. The van der Waals surface area contributed by atoms with Gasteiger partial charge in [-0.15, -0.1) is 0 Å². The molecule has 1 aliphatic rings. The molecule has 0 aliphatic heterocycles. The summed E-state index contributed by atoms with van der Waals surface area (Å²) in [5, 5.41) is 11.8.